The summed E-state index contributed by atoms with van der Waals surface area (Å²) < 4.78 is 0. The minimum atomic E-state index is -0.307. The Morgan fingerprint density at radius 3 is 2.89 bits per heavy atom. The van der Waals surface area contributed by atoms with E-state index in [2.05, 4.69) is 11.8 Å². The molecule has 1 aromatic carbocycles. The molecule has 2 N–H and O–H groups in total. The van der Waals surface area contributed by atoms with Crippen molar-refractivity contribution in [2.75, 3.05) is 19.6 Å². The van der Waals surface area contributed by atoms with Gasteiger partial charge in [-0.15, -0.1) is 0 Å². The number of likely N-dealkylation sites (tertiary alicyclic amines) is 1. The Kier molecular flexibility index (Phi) is 4.17. The Balaban J connectivity index is 2.18. The lowest BCUT2D eigenvalue weighted by molar-refractivity contribution is -0.385. The number of nitrogens with zero attached hydrogens (tertiary/aromatic N) is 2. The van der Waals surface area contributed by atoms with Crippen molar-refractivity contribution in [1.29, 1.82) is 0 Å². The third kappa shape index (κ3) is 2.93. The van der Waals surface area contributed by atoms with Gasteiger partial charge in [-0.3, -0.25) is 15.0 Å². The molecule has 0 saturated carbocycles. The molecule has 0 aliphatic carbocycles. The van der Waals surface area contributed by atoms with Gasteiger partial charge in [0.1, 0.15) is 0 Å². The van der Waals surface area contributed by atoms with Crippen LogP contribution in [-0.4, -0.2) is 29.5 Å². The second kappa shape index (κ2) is 5.67. The van der Waals surface area contributed by atoms with Crippen LogP contribution in [0.15, 0.2) is 18.2 Å². The highest BCUT2D eigenvalue weighted by Crippen LogP contribution is 2.30. The van der Waals surface area contributed by atoms with Crippen LogP contribution in [0.25, 0.3) is 0 Å². The number of nitro benzene ring substituents is 1. The molecule has 5 heteroatoms. The molecule has 2 rings (SSSR count). The average molecular weight is 263 g/mol. The molecular formula is C14H21N3O2. The summed E-state index contributed by atoms with van der Waals surface area (Å²) in [5.41, 5.74) is 7.63. The molecule has 1 aromatic rings. The molecule has 1 saturated heterocycles. The normalized spacial score (nSPS) is 21.5. The highest BCUT2D eigenvalue weighted by atomic mass is 16.6. The van der Waals surface area contributed by atoms with Crippen molar-refractivity contribution in [2.24, 2.45) is 11.7 Å². The molecule has 0 radical (unpaired) electrons. The summed E-state index contributed by atoms with van der Waals surface area (Å²) in [7, 11) is 0. The van der Waals surface area contributed by atoms with Gasteiger partial charge in [-0.05, 0) is 44.8 Å². The number of hydrogen-bond donors (Lipinski definition) is 1. The van der Waals surface area contributed by atoms with Crippen LogP contribution in [0.1, 0.15) is 30.5 Å². The van der Waals surface area contributed by atoms with Crippen LogP contribution in [0.4, 0.5) is 5.69 Å². The van der Waals surface area contributed by atoms with Crippen molar-refractivity contribution in [2.45, 2.75) is 26.3 Å². The van der Waals surface area contributed by atoms with E-state index in [0.29, 0.717) is 11.5 Å². The lowest BCUT2D eigenvalue weighted by atomic mass is 10.0. The first kappa shape index (κ1) is 14.0. The summed E-state index contributed by atoms with van der Waals surface area (Å²) in [6.07, 6.45) is 1.12. The zero-order valence-electron chi connectivity index (χ0n) is 11.5. The monoisotopic (exact) mass is 263 g/mol. The molecule has 5 nitrogen and oxygen atoms in total. The summed E-state index contributed by atoms with van der Waals surface area (Å²) in [6, 6.07) is 5.73. The Bertz CT molecular complexity index is 476. The maximum absolute atomic E-state index is 11.0. The fraction of sp³-hybridized carbons (Fsp3) is 0.571. The lowest BCUT2D eigenvalue weighted by Crippen LogP contribution is -2.26. The summed E-state index contributed by atoms with van der Waals surface area (Å²) in [5.74, 6) is 0.558. The Morgan fingerprint density at radius 2 is 2.32 bits per heavy atom. The molecule has 1 aliphatic heterocycles. The Hall–Kier alpha value is -1.46. The molecule has 0 spiro atoms. The lowest BCUT2D eigenvalue weighted by Gasteiger charge is -2.24. The fourth-order valence-electron chi connectivity index (χ4n) is 2.70. The van der Waals surface area contributed by atoms with Crippen molar-refractivity contribution in [3.05, 3.63) is 39.4 Å². The van der Waals surface area contributed by atoms with Crippen LogP contribution in [0.5, 0.6) is 0 Å². The van der Waals surface area contributed by atoms with E-state index >= 15 is 0 Å². The zero-order valence-corrected chi connectivity index (χ0v) is 11.5. The molecular weight excluding hydrogens is 242 g/mol. The SMILES string of the molecule is Cc1ccc(C(C)N2CCC(CN)C2)cc1[N+](=O)[O-]. The largest absolute Gasteiger partial charge is 0.330 e. The number of benzene rings is 1. The zero-order chi connectivity index (χ0) is 14.0. The van der Waals surface area contributed by atoms with E-state index in [4.69, 9.17) is 5.73 Å². The van der Waals surface area contributed by atoms with Crippen molar-refractivity contribution >= 4 is 5.69 Å². The number of hydrogen-bond acceptors (Lipinski definition) is 4. The van der Waals surface area contributed by atoms with Gasteiger partial charge in [0, 0.05) is 24.2 Å². The van der Waals surface area contributed by atoms with E-state index < -0.39 is 0 Å². The van der Waals surface area contributed by atoms with Crippen LogP contribution in [0, 0.1) is 23.0 Å². The first-order chi connectivity index (χ1) is 9.02. The Labute approximate surface area is 113 Å². The molecule has 0 amide bonds. The smallest absolute Gasteiger partial charge is 0.272 e. The minimum Gasteiger partial charge on any atom is -0.330 e. The van der Waals surface area contributed by atoms with Gasteiger partial charge in [-0.25, -0.2) is 0 Å². The summed E-state index contributed by atoms with van der Waals surface area (Å²) in [5, 5.41) is 11.0. The van der Waals surface area contributed by atoms with Crippen molar-refractivity contribution in [3.63, 3.8) is 0 Å². The highest BCUT2D eigenvalue weighted by Gasteiger charge is 2.26. The molecule has 0 bridgehead atoms. The van der Waals surface area contributed by atoms with Crippen LogP contribution in [0.3, 0.4) is 0 Å². The first-order valence-electron chi connectivity index (χ1n) is 6.72. The van der Waals surface area contributed by atoms with Gasteiger partial charge >= 0.3 is 0 Å². The van der Waals surface area contributed by atoms with Crippen LogP contribution in [-0.2, 0) is 0 Å². The molecule has 2 unspecified atom stereocenters. The van der Waals surface area contributed by atoms with Gasteiger partial charge in [0.15, 0.2) is 0 Å². The quantitative estimate of drug-likeness (QED) is 0.668. The molecule has 1 fully saturated rings. The van der Waals surface area contributed by atoms with E-state index in [9.17, 15) is 10.1 Å². The maximum Gasteiger partial charge on any atom is 0.272 e. The molecule has 1 heterocycles. The molecule has 104 valence electrons. The standard InChI is InChI=1S/C14H21N3O2/c1-10-3-4-13(7-14(10)17(18)19)11(2)16-6-5-12(8-15)9-16/h3-4,7,11-12H,5-6,8-9,15H2,1-2H3. The topological polar surface area (TPSA) is 72.4 Å². The molecule has 0 aromatic heterocycles. The number of aryl methyl sites for hydroxylation is 1. The molecule has 1 aliphatic rings. The number of nitro groups is 1. The van der Waals surface area contributed by atoms with Gasteiger partial charge in [0.25, 0.3) is 5.69 Å². The van der Waals surface area contributed by atoms with Crippen molar-refractivity contribution in [1.82, 2.24) is 4.90 Å². The summed E-state index contributed by atoms with van der Waals surface area (Å²) in [6.45, 7) is 6.60. The maximum atomic E-state index is 11.0. The van der Waals surface area contributed by atoms with E-state index in [0.717, 1.165) is 31.6 Å². The third-order valence-electron chi connectivity index (χ3n) is 4.11. The Morgan fingerprint density at radius 1 is 1.58 bits per heavy atom. The third-order valence-corrected chi connectivity index (χ3v) is 4.11. The van der Waals surface area contributed by atoms with Gasteiger partial charge in [-0.1, -0.05) is 12.1 Å². The highest BCUT2D eigenvalue weighted by molar-refractivity contribution is 5.43. The predicted octanol–water partition coefficient (Wildman–Crippen LogP) is 2.24. The van der Waals surface area contributed by atoms with Gasteiger partial charge in [0.05, 0.1) is 4.92 Å². The first-order valence-corrected chi connectivity index (χ1v) is 6.72. The van der Waals surface area contributed by atoms with E-state index in [1.165, 1.54) is 0 Å². The fourth-order valence-corrected chi connectivity index (χ4v) is 2.70. The van der Waals surface area contributed by atoms with Crippen molar-refractivity contribution < 1.29 is 4.92 Å². The van der Waals surface area contributed by atoms with Gasteiger partial charge in [0.2, 0.25) is 0 Å². The minimum absolute atomic E-state index is 0.204. The van der Waals surface area contributed by atoms with E-state index in [1.54, 1.807) is 13.0 Å². The van der Waals surface area contributed by atoms with Gasteiger partial charge < -0.3 is 5.73 Å². The molecule has 2 atom stereocenters. The number of nitrogens with two attached hydrogens (primary N) is 1. The van der Waals surface area contributed by atoms with Crippen LogP contribution >= 0.6 is 0 Å². The average Bonchev–Trinajstić information content (AvgIpc) is 2.87. The molecule has 19 heavy (non-hydrogen) atoms. The summed E-state index contributed by atoms with van der Waals surface area (Å²) in [4.78, 5) is 13.0. The predicted molar refractivity (Wildman–Crippen MR) is 75.0 cm³/mol. The second-order valence-electron chi connectivity index (χ2n) is 5.36. The van der Waals surface area contributed by atoms with E-state index in [1.807, 2.05) is 12.1 Å². The summed E-state index contributed by atoms with van der Waals surface area (Å²) >= 11 is 0. The van der Waals surface area contributed by atoms with Crippen molar-refractivity contribution in [3.8, 4) is 0 Å². The van der Waals surface area contributed by atoms with Crippen LogP contribution < -0.4 is 5.73 Å². The van der Waals surface area contributed by atoms with Crippen LogP contribution in [0.2, 0.25) is 0 Å². The number of rotatable bonds is 4. The van der Waals surface area contributed by atoms with Gasteiger partial charge in [-0.2, -0.15) is 0 Å². The second-order valence-corrected chi connectivity index (χ2v) is 5.36. The van der Waals surface area contributed by atoms with E-state index in [-0.39, 0.29) is 16.7 Å².